The predicted molar refractivity (Wildman–Crippen MR) is 28.9 cm³/mol. The standard InChI is InChI=1S/C5H8F2O4/c6-4(7)5(10)3(9)2(8)1-11-5/h2-4,8-10H,1H2/t2-,3+,5-/m1/s1. The predicted octanol–water partition coefficient (Wildman–Crippen LogP) is -1.31. The van der Waals surface area contributed by atoms with Gasteiger partial charge in [-0.05, 0) is 0 Å². The lowest BCUT2D eigenvalue weighted by Gasteiger charge is -2.24. The molecule has 6 heteroatoms. The molecular formula is C5H8F2O4. The summed E-state index contributed by atoms with van der Waals surface area (Å²) in [7, 11) is 0. The molecule has 1 fully saturated rings. The van der Waals surface area contributed by atoms with Gasteiger partial charge in [-0.3, -0.25) is 0 Å². The van der Waals surface area contributed by atoms with Gasteiger partial charge < -0.3 is 20.1 Å². The van der Waals surface area contributed by atoms with Crippen molar-refractivity contribution in [2.75, 3.05) is 6.61 Å². The molecule has 0 saturated carbocycles. The summed E-state index contributed by atoms with van der Waals surface area (Å²) in [5.41, 5.74) is 0. The van der Waals surface area contributed by atoms with Gasteiger partial charge in [0, 0.05) is 0 Å². The van der Waals surface area contributed by atoms with Crippen molar-refractivity contribution in [2.45, 2.75) is 24.4 Å². The van der Waals surface area contributed by atoms with Gasteiger partial charge in [-0.15, -0.1) is 0 Å². The zero-order chi connectivity index (χ0) is 8.65. The largest absolute Gasteiger partial charge is 0.388 e. The van der Waals surface area contributed by atoms with Gasteiger partial charge in [0.1, 0.15) is 12.2 Å². The number of ether oxygens (including phenoxy) is 1. The Labute approximate surface area is 61.0 Å². The van der Waals surface area contributed by atoms with E-state index in [0.29, 0.717) is 0 Å². The van der Waals surface area contributed by atoms with Crippen LogP contribution in [-0.4, -0.2) is 46.3 Å². The van der Waals surface area contributed by atoms with E-state index in [9.17, 15) is 8.78 Å². The number of rotatable bonds is 1. The van der Waals surface area contributed by atoms with Gasteiger partial charge in [0.2, 0.25) is 0 Å². The van der Waals surface area contributed by atoms with E-state index >= 15 is 0 Å². The molecule has 1 aliphatic rings. The zero-order valence-corrected chi connectivity index (χ0v) is 5.44. The van der Waals surface area contributed by atoms with Crippen LogP contribution in [0.25, 0.3) is 0 Å². The first-order chi connectivity index (χ1) is 4.98. The number of aliphatic hydroxyl groups is 3. The molecule has 66 valence electrons. The van der Waals surface area contributed by atoms with Crippen LogP contribution in [0.2, 0.25) is 0 Å². The quantitative estimate of drug-likeness (QED) is 0.457. The highest BCUT2D eigenvalue weighted by Gasteiger charge is 2.54. The van der Waals surface area contributed by atoms with Crippen molar-refractivity contribution in [3.8, 4) is 0 Å². The van der Waals surface area contributed by atoms with E-state index in [1.54, 1.807) is 0 Å². The highest BCUT2D eigenvalue weighted by molar-refractivity contribution is 4.90. The summed E-state index contributed by atoms with van der Waals surface area (Å²) >= 11 is 0. The van der Waals surface area contributed by atoms with Crippen molar-refractivity contribution in [1.29, 1.82) is 0 Å². The second kappa shape index (κ2) is 2.63. The number of aliphatic hydroxyl groups excluding tert-OH is 2. The van der Waals surface area contributed by atoms with Gasteiger partial charge in [0.15, 0.2) is 0 Å². The van der Waals surface area contributed by atoms with E-state index in [1.807, 2.05) is 0 Å². The molecule has 0 bridgehead atoms. The van der Waals surface area contributed by atoms with Crippen molar-refractivity contribution in [2.24, 2.45) is 0 Å². The Kier molecular flexibility index (Phi) is 2.10. The van der Waals surface area contributed by atoms with Crippen molar-refractivity contribution >= 4 is 0 Å². The minimum atomic E-state index is -3.23. The summed E-state index contributed by atoms with van der Waals surface area (Å²) < 4.78 is 27.9. The van der Waals surface area contributed by atoms with Crippen LogP contribution in [0.1, 0.15) is 0 Å². The molecule has 1 heterocycles. The summed E-state index contributed by atoms with van der Waals surface area (Å²) in [5.74, 6) is -2.90. The van der Waals surface area contributed by atoms with Crippen LogP contribution in [0.5, 0.6) is 0 Å². The first-order valence-corrected chi connectivity index (χ1v) is 2.99. The van der Waals surface area contributed by atoms with Crippen molar-refractivity contribution in [3.05, 3.63) is 0 Å². The van der Waals surface area contributed by atoms with Crippen LogP contribution in [0.3, 0.4) is 0 Å². The van der Waals surface area contributed by atoms with E-state index in [-0.39, 0.29) is 0 Å². The number of halogens is 2. The summed E-state index contributed by atoms with van der Waals surface area (Å²) in [6.07, 6.45) is -6.62. The monoisotopic (exact) mass is 170 g/mol. The molecule has 1 rings (SSSR count). The zero-order valence-electron chi connectivity index (χ0n) is 5.44. The van der Waals surface area contributed by atoms with E-state index in [2.05, 4.69) is 4.74 Å². The third-order valence-corrected chi connectivity index (χ3v) is 1.59. The third-order valence-electron chi connectivity index (χ3n) is 1.59. The van der Waals surface area contributed by atoms with Crippen LogP contribution >= 0.6 is 0 Å². The van der Waals surface area contributed by atoms with Crippen molar-refractivity contribution < 1.29 is 28.8 Å². The van der Waals surface area contributed by atoms with Crippen molar-refractivity contribution in [1.82, 2.24) is 0 Å². The fourth-order valence-electron chi connectivity index (χ4n) is 0.863. The second-order valence-electron chi connectivity index (χ2n) is 2.38. The molecule has 1 saturated heterocycles. The molecule has 1 aliphatic heterocycles. The van der Waals surface area contributed by atoms with Crippen LogP contribution in [-0.2, 0) is 4.74 Å². The maximum atomic E-state index is 11.9. The SMILES string of the molecule is O[C@@H]1CO[C@@](O)(C(F)F)[C@H]1O. The smallest absolute Gasteiger partial charge is 0.294 e. The molecular weight excluding hydrogens is 162 g/mol. The Morgan fingerprint density at radius 3 is 2.18 bits per heavy atom. The lowest BCUT2D eigenvalue weighted by atomic mass is 10.1. The molecule has 0 aromatic rings. The van der Waals surface area contributed by atoms with Gasteiger partial charge >= 0.3 is 0 Å². The molecule has 0 spiro atoms. The van der Waals surface area contributed by atoms with Crippen LogP contribution < -0.4 is 0 Å². The molecule has 11 heavy (non-hydrogen) atoms. The Hall–Kier alpha value is -0.300. The molecule has 0 unspecified atom stereocenters. The lowest BCUT2D eigenvalue weighted by Crippen LogP contribution is -2.48. The van der Waals surface area contributed by atoms with Crippen LogP contribution in [0.15, 0.2) is 0 Å². The molecule has 0 radical (unpaired) electrons. The molecule has 4 nitrogen and oxygen atoms in total. The average Bonchev–Trinajstić information content (AvgIpc) is 2.18. The van der Waals surface area contributed by atoms with E-state index in [0.717, 1.165) is 0 Å². The number of hydrogen-bond donors (Lipinski definition) is 3. The minimum absolute atomic E-state index is 0.484. The Morgan fingerprint density at radius 1 is 1.45 bits per heavy atom. The van der Waals surface area contributed by atoms with Gasteiger partial charge in [-0.1, -0.05) is 0 Å². The van der Waals surface area contributed by atoms with E-state index < -0.39 is 31.0 Å². The Bertz CT molecular complexity index is 153. The molecule has 0 amide bonds. The van der Waals surface area contributed by atoms with Gasteiger partial charge in [-0.2, -0.15) is 0 Å². The maximum absolute atomic E-state index is 11.9. The maximum Gasteiger partial charge on any atom is 0.294 e. The Balaban J connectivity index is 2.73. The average molecular weight is 170 g/mol. The van der Waals surface area contributed by atoms with Crippen LogP contribution in [0, 0.1) is 0 Å². The van der Waals surface area contributed by atoms with Gasteiger partial charge in [0.25, 0.3) is 12.2 Å². The number of alkyl halides is 2. The van der Waals surface area contributed by atoms with E-state index in [4.69, 9.17) is 15.3 Å². The van der Waals surface area contributed by atoms with Gasteiger partial charge in [-0.25, -0.2) is 8.78 Å². The third kappa shape index (κ3) is 1.22. The van der Waals surface area contributed by atoms with Gasteiger partial charge in [0.05, 0.1) is 6.61 Å². The summed E-state index contributed by atoms with van der Waals surface area (Å²) in [5, 5.41) is 26.3. The van der Waals surface area contributed by atoms with Crippen molar-refractivity contribution in [3.63, 3.8) is 0 Å². The first-order valence-electron chi connectivity index (χ1n) is 2.99. The molecule has 0 aromatic heterocycles. The molecule has 0 aliphatic carbocycles. The molecule has 3 atom stereocenters. The minimum Gasteiger partial charge on any atom is -0.388 e. The fraction of sp³-hybridized carbons (Fsp3) is 1.00. The first kappa shape index (κ1) is 8.79. The number of hydrogen-bond acceptors (Lipinski definition) is 4. The summed E-state index contributed by atoms with van der Waals surface area (Å²) in [6.45, 7) is -0.484. The van der Waals surface area contributed by atoms with E-state index in [1.165, 1.54) is 0 Å². The fourth-order valence-corrected chi connectivity index (χ4v) is 0.863. The normalized spacial score (nSPS) is 45.3. The Morgan fingerprint density at radius 2 is 2.00 bits per heavy atom. The highest BCUT2D eigenvalue weighted by atomic mass is 19.3. The topological polar surface area (TPSA) is 69.9 Å². The summed E-state index contributed by atoms with van der Waals surface area (Å²) in [4.78, 5) is 0. The molecule has 3 N–H and O–H groups in total. The second-order valence-corrected chi connectivity index (χ2v) is 2.38. The lowest BCUT2D eigenvalue weighted by molar-refractivity contribution is -0.277. The van der Waals surface area contributed by atoms with Crippen LogP contribution in [0.4, 0.5) is 8.78 Å². The highest BCUT2D eigenvalue weighted by Crippen LogP contribution is 2.29. The molecule has 0 aromatic carbocycles. The summed E-state index contributed by atoms with van der Waals surface area (Å²) in [6, 6.07) is 0.